The number of pyridine rings is 3. The van der Waals surface area contributed by atoms with E-state index < -0.39 is 17.9 Å². The summed E-state index contributed by atoms with van der Waals surface area (Å²) in [6, 6.07) is 19.4. The second-order valence-electron chi connectivity index (χ2n) is 11.1. The van der Waals surface area contributed by atoms with Gasteiger partial charge in [-0.3, -0.25) is 14.9 Å². The first-order valence-corrected chi connectivity index (χ1v) is 12.1. The smallest absolute Gasteiger partial charge is 0.354 e. The summed E-state index contributed by atoms with van der Waals surface area (Å²) in [5, 5.41) is 9.60. The molecule has 0 amide bonds. The van der Waals surface area contributed by atoms with Crippen molar-refractivity contribution in [1.82, 2.24) is 15.0 Å². The number of rotatable bonds is 5. The van der Waals surface area contributed by atoms with Crippen molar-refractivity contribution in [2.45, 2.75) is 52.4 Å². The van der Waals surface area contributed by atoms with Gasteiger partial charge in [0.25, 0.3) is 0 Å². The second-order valence-corrected chi connectivity index (χ2v) is 11.1. The minimum Gasteiger partial charge on any atom is -0.477 e. The minimum absolute atomic E-state index is 0. The molecule has 3 aromatic heterocycles. The van der Waals surface area contributed by atoms with E-state index in [-0.39, 0.29) is 48.8 Å². The summed E-state index contributed by atoms with van der Waals surface area (Å²) in [7, 11) is 0. The zero-order valence-corrected chi connectivity index (χ0v) is 24.8. The molecule has 3 heterocycles. The molecule has 0 atom stereocenters. The molecule has 0 aliphatic heterocycles. The number of anilines is 3. The number of carboxylic acid groups (broad SMARTS) is 1. The monoisotopic (exact) mass is 710 g/mol. The van der Waals surface area contributed by atoms with Gasteiger partial charge in [0.1, 0.15) is 23.5 Å². The molecule has 6 nitrogen and oxygen atoms in total. The zero-order chi connectivity index (χ0) is 27.8. The van der Waals surface area contributed by atoms with Gasteiger partial charge < -0.3 is 5.11 Å². The van der Waals surface area contributed by atoms with Crippen LogP contribution in [0.3, 0.4) is 0 Å². The van der Waals surface area contributed by atoms with Crippen LogP contribution in [0.4, 0.5) is 26.1 Å². The Balaban J connectivity index is 0.00000420. The molecular weight excluding hydrogens is 681 g/mol. The number of benzene rings is 1. The van der Waals surface area contributed by atoms with Crippen molar-refractivity contribution in [3.63, 3.8) is 0 Å². The van der Waals surface area contributed by atoms with Gasteiger partial charge in [-0.05, 0) is 58.0 Å². The van der Waals surface area contributed by atoms with Crippen LogP contribution in [-0.4, -0.2) is 26.0 Å². The fourth-order valence-corrected chi connectivity index (χ4v) is 3.90. The van der Waals surface area contributed by atoms with Crippen LogP contribution in [0.5, 0.6) is 0 Å². The van der Waals surface area contributed by atoms with Crippen molar-refractivity contribution in [2.24, 2.45) is 0 Å². The Bertz CT molecular complexity index is 1480. The molecule has 0 bridgehead atoms. The molecule has 0 saturated carbocycles. The molecule has 4 rings (SSSR count). The van der Waals surface area contributed by atoms with E-state index >= 15 is 0 Å². The fraction of sp³-hybridized carbons (Fsp3) is 0.267. The molecule has 1 N–H and O–H groups in total. The molecule has 0 saturated heterocycles. The molecule has 0 spiro atoms. The quantitative estimate of drug-likeness (QED) is 0.172. The van der Waals surface area contributed by atoms with Crippen LogP contribution in [0.15, 0.2) is 60.7 Å². The van der Waals surface area contributed by atoms with Gasteiger partial charge in [-0.2, -0.15) is 0 Å². The van der Waals surface area contributed by atoms with Gasteiger partial charge >= 0.3 is 5.97 Å². The zero-order valence-electron chi connectivity index (χ0n) is 22.5. The van der Waals surface area contributed by atoms with Gasteiger partial charge in [-0.25, -0.2) is 18.6 Å². The minimum atomic E-state index is -1.17. The van der Waals surface area contributed by atoms with Crippen LogP contribution in [-0.2, 0) is 31.9 Å². The van der Waals surface area contributed by atoms with E-state index in [1.54, 1.807) is 35.2 Å². The molecule has 0 aliphatic rings. The van der Waals surface area contributed by atoms with Gasteiger partial charge in [-0.15, -0.1) is 6.07 Å². The van der Waals surface area contributed by atoms with Crippen molar-refractivity contribution in [2.75, 3.05) is 4.90 Å². The van der Waals surface area contributed by atoms with Gasteiger partial charge in [0.2, 0.25) is 0 Å². The van der Waals surface area contributed by atoms with E-state index in [0.29, 0.717) is 17.3 Å². The Morgan fingerprint density at radius 3 is 1.95 bits per heavy atom. The third-order valence-electron chi connectivity index (χ3n) is 6.06. The van der Waals surface area contributed by atoms with E-state index in [0.717, 1.165) is 17.2 Å². The molecule has 0 unspecified atom stereocenters. The Hall–Kier alpha value is -3.51. The Morgan fingerprint density at radius 2 is 1.41 bits per heavy atom. The number of halogens is 2. The fourth-order valence-electron chi connectivity index (χ4n) is 3.90. The van der Waals surface area contributed by atoms with Gasteiger partial charge in [-0.1, -0.05) is 77.4 Å². The summed E-state index contributed by atoms with van der Waals surface area (Å²) in [6.45, 7) is 12.7. The normalized spacial score (nSPS) is 11.6. The maximum atomic E-state index is 14.5. The molecule has 9 heteroatoms. The Labute approximate surface area is 241 Å². The number of nitrogens with zero attached hydrogens (tertiary/aromatic N) is 4. The van der Waals surface area contributed by atoms with Crippen molar-refractivity contribution in [3.8, 4) is 11.3 Å². The molecule has 0 radical (unpaired) electrons. The van der Waals surface area contributed by atoms with Crippen LogP contribution >= 0.6 is 0 Å². The predicted octanol–water partition coefficient (Wildman–Crippen LogP) is 7.38. The average Bonchev–Trinajstić information content (AvgIpc) is 2.83. The van der Waals surface area contributed by atoms with Crippen LogP contribution in [0.25, 0.3) is 11.3 Å². The summed E-state index contributed by atoms with van der Waals surface area (Å²) in [6.07, 6.45) is 0. The molecule has 4 aromatic rings. The molecule has 1 aromatic carbocycles. The maximum Gasteiger partial charge on any atom is 0.354 e. The number of hydrogen-bond acceptors (Lipinski definition) is 5. The summed E-state index contributed by atoms with van der Waals surface area (Å²) in [5.41, 5.74) is 2.44. The summed E-state index contributed by atoms with van der Waals surface area (Å²) in [5.74, 6) is -2.49. The Kier molecular flexibility index (Phi) is 8.71. The SMILES string of the molecule is CC(C)(C)c1cc(N(c2cccc(C(=O)O)n2)c2cccc(-c3[c-]cc(F)nc3F)n2)cc(C(C)(C)C)c1.[Pt]. The molecular formula is C30H29F2N4O2Pt-. The van der Waals surface area contributed by atoms with Crippen molar-refractivity contribution < 1.29 is 39.7 Å². The van der Waals surface area contributed by atoms with Gasteiger partial charge in [0.05, 0.1) is 0 Å². The summed E-state index contributed by atoms with van der Waals surface area (Å²) >= 11 is 0. The van der Waals surface area contributed by atoms with Gasteiger partial charge in [0, 0.05) is 26.8 Å². The van der Waals surface area contributed by atoms with E-state index in [1.807, 2.05) is 12.1 Å². The van der Waals surface area contributed by atoms with E-state index in [1.165, 1.54) is 6.07 Å². The van der Waals surface area contributed by atoms with Crippen LogP contribution < -0.4 is 4.90 Å². The van der Waals surface area contributed by atoms with Crippen molar-refractivity contribution in [1.29, 1.82) is 0 Å². The number of carbonyl (C=O) groups is 1. The number of aromatic nitrogens is 3. The van der Waals surface area contributed by atoms with E-state index in [9.17, 15) is 18.7 Å². The molecule has 0 aliphatic carbocycles. The number of carboxylic acids is 1. The predicted molar refractivity (Wildman–Crippen MR) is 143 cm³/mol. The second kappa shape index (κ2) is 11.3. The number of hydrogen-bond donors (Lipinski definition) is 1. The average molecular weight is 711 g/mol. The topological polar surface area (TPSA) is 79.2 Å². The summed E-state index contributed by atoms with van der Waals surface area (Å²) < 4.78 is 27.9. The third-order valence-corrected chi connectivity index (χ3v) is 6.06. The van der Waals surface area contributed by atoms with Crippen LogP contribution in [0.2, 0.25) is 0 Å². The van der Waals surface area contributed by atoms with Crippen molar-refractivity contribution >= 4 is 23.3 Å². The first-order chi connectivity index (χ1) is 17.7. The van der Waals surface area contributed by atoms with Gasteiger partial charge in [0.15, 0.2) is 5.69 Å². The maximum absolute atomic E-state index is 14.5. The third kappa shape index (κ3) is 6.74. The first kappa shape index (κ1) is 30.0. The van der Waals surface area contributed by atoms with E-state index in [4.69, 9.17) is 0 Å². The molecule has 39 heavy (non-hydrogen) atoms. The van der Waals surface area contributed by atoms with Crippen LogP contribution in [0.1, 0.15) is 63.2 Å². The Morgan fingerprint density at radius 1 is 0.846 bits per heavy atom. The largest absolute Gasteiger partial charge is 0.477 e. The number of aromatic carboxylic acids is 1. The first-order valence-electron chi connectivity index (χ1n) is 12.1. The molecule has 206 valence electrons. The standard InChI is InChI=1S/C30H29F2N4O2.Pt/c1-29(2,3)18-15-19(30(4,5)6)17-20(16-18)36(26-12-8-10-23(34-26)28(37)38)25-11-7-9-22(33-25)21-13-14-24(31)35-27(21)32;/h7-12,14-17H,1-6H3,(H,37,38);/q-1;. The van der Waals surface area contributed by atoms with E-state index in [2.05, 4.69) is 68.6 Å². The summed E-state index contributed by atoms with van der Waals surface area (Å²) in [4.78, 5) is 25.8. The molecule has 0 fully saturated rings. The van der Waals surface area contributed by atoms with Crippen LogP contribution in [0, 0.1) is 18.0 Å². The van der Waals surface area contributed by atoms with Crippen molar-refractivity contribution in [3.05, 3.63) is 95.4 Å².